The van der Waals surface area contributed by atoms with Gasteiger partial charge in [0.25, 0.3) is 0 Å². The normalized spacial score (nSPS) is 10.7. The summed E-state index contributed by atoms with van der Waals surface area (Å²) in [5, 5.41) is 0. The Bertz CT molecular complexity index is 465. The van der Waals surface area contributed by atoms with Crippen LogP contribution in [-0.2, 0) is 6.42 Å². The third-order valence-electron chi connectivity index (χ3n) is 2.36. The maximum absolute atomic E-state index is 5.48. The first-order chi connectivity index (χ1) is 8.33. The molecule has 0 amide bonds. The van der Waals surface area contributed by atoms with Gasteiger partial charge in [0, 0.05) is 16.9 Å². The second kappa shape index (κ2) is 5.89. The molecule has 0 fully saturated rings. The summed E-state index contributed by atoms with van der Waals surface area (Å²) in [6.07, 6.45) is 2.43. The van der Waals surface area contributed by atoms with Crippen molar-refractivity contribution in [3.8, 4) is 11.5 Å². The average molecular weight is 248 g/mol. The highest BCUT2D eigenvalue weighted by atomic mass is 32.2. The molecule has 0 spiro atoms. The molecular weight excluding hydrogens is 232 g/mol. The predicted molar refractivity (Wildman–Crippen MR) is 71.1 cm³/mol. The van der Waals surface area contributed by atoms with Crippen molar-refractivity contribution in [3.05, 3.63) is 36.2 Å². The zero-order valence-corrected chi connectivity index (χ0v) is 10.7. The lowest BCUT2D eigenvalue weighted by Crippen LogP contribution is -2.02. The fourth-order valence-electron chi connectivity index (χ4n) is 1.56. The molecule has 1 aromatic carbocycles. The van der Waals surface area contributed by atoms with Crippen molar-refractivity contribution in [2.45, 2.75) is 18.2 Å². The fraction of sp³-hybridized carbons (Fsp3) is 0.308. The van der Waals surface area contributed by atoms with Gasteiger partial charge in [-0.3, -0.25) is 0 Å². The molecule has 90 valence electrons. The maximum atomic E-state index is 5.48. The summed E-state index contributed by atoms with van der Waals surface area (Å²) in [5.41, 5.74) is 7.40. The van der Waals surface area contributed by atoms with Crippen LogP contribution in [0.1, 0.15) is 12.6 Å². The van der Waals surface area contributed by atoms with Gasteiger partial charge in [-0.2, -0.15) is 0 Å². The number of oxazole rings is 1. The van der Waals surface area contributed by atoms with Gasteiger partial charge in [0.1, 0.15) is 6.26 Å². The lowest BCUT2D eigenvalue weighted by atomic mass is 10.2. The van der Waals surface area contributed by atoms with E-state index in [2.05, 4.69) is 24.0 Å². The molecule has 0 aliphatic carbocycles. The molecule has 1 aromatic heterocycles. The van der Waals surface area contributed by atoms with Gasteiger partial charge in [-0.1, -0.05) is 6.92 Å². The lowest BCUT2D eigenvalue weighted by molar-refractivity contribution is 0.572. The quantitative estimate of drug-likeness (QED) is 0.826. The van der Waals surface area contributed by atoms with Crippen molar-refractivity contribution >= 4 is 11.8 Å². The van der Waals surface area contributed by atoms with Crippen molar-refractivity contribution in [2.24, 2.45) is 5.73 Å². The van der Waals surface area contributed by atoms with Crippen LogP contribution in [0.25, 0.3) is 11.5 Å². The van der Waals surface area contributed by atoms with Crippen LogP contribution in [0.5, 0.6) is 0 Å². The van der Waals surface area contributed by atoms with E-state index in [1.54, 1.807) is 6.26 Å². The Morgan fingerprint density at radius 2 is 2.06 bits per heavy atom. The zero-order valence-electron chi connectivity index (χ0n) is 9.85. The van der Waals surface area contributed by atoms with E-state index in [1.807, 2.05) is 23.9 Å². The molecule has 0 saturated heterocycles. The summed E-state index contributed by atoms with van der Waals surface area (Å²) in [5.74, 6) is 1.75. The first-order valence-electron chi connectivity index (χ1n) is 5.71. The molecule has 4 heteroatoms. The molecule has 0 aliphatic heterocycles. The average Bonchev–Trinajstić information content (AvgIpc) is 2.80. The van der Waals surface area contributed by atoms with Crippen molar-refractivity contribution in [2.75, 3.05) is 12.3 Å². The fourth-order valence-corrected chi connectivity index (χ4v) is 2.22. The molecule has 0 unspecified atom stereocenters. The second-order valence-electron chi connectivity index (χ2n) is 3.64. The molecule has 0 atom stereocenters. The van der Waals surface area contributed by atoms with Crippen LogP contribution in [0.4, 0.5) is 0 Å². The minimum absolute atomic E-state index is 0.595. The Morgan fingerprint density at radius 3 is 2.71 bits per heavy atom. The summed E-state index contributed by atoms with van der Waals surface area (Å²) in [6, 6.07) is 8.26. The number of hydrogen-bond donors (Lipinski definition) is 1. The first kappa shape index (κ1) is 12.2. The number of thioether (sulfide) groups is 1. The Kier molecular flexibility index (Phi) is 4.23. The summed E-state index contributed by atoms with van der Waals surface area (Å²) < 4.78 is 5.43. The minimum Gasteiger partial charge on any atom is -0.444 e. The zero-order chi connectivity index (χ0) is 12.1. The second-order valence-corrected chi connectivity index (χ2v) is 4.98. The number of aromatic nitrogens is 1. The van der Waals surface area contributed by atoms with Crippen LogP contribution in [0.3, 0.4) is 0 Å². The van der Waals surface area contributed by atoms with E-state index in [4.69, 9.17) is 10.2 Å². The SMILES string of the molecule is CCSc1ccc(-c2nc(CCN)co2)cc1. The number of rotatable bonds is 5. The summed E-state index contributed by atoms with van der Waals surface area (Å²) in [6.45, 7) is 2.74. The molecule has 2 aromatic rings. The van der Waals surface area contributed by atoms with Crippen molar-refractivity contribution in [1.82, 2.24) is 4.98 Å². The molecule has 2 rings (SSSR count). The van der Waals surface area contributed by atoms with E-state index in [-0.39, 0.29) is 0 Å². The largest absolute Gasteiger partial charge is 0.444 e. The Morgan fingerprint density at radius 1 is 1.29 bits per heavy atom. The molecule has 2 N–H and O–H groups in total. The third-order valence-corrected chi connectivity index (χ3v) is 3.26. The van der Waals surface area contributed by atoms with Crippen LogP contribution in [0, 0.1) is 0 Å². The summed E-state index contributed by atoms with van der Waals surface area (Å²) >= 11 is 1.82. The van der Waals surface area contributed by atoms with Crippen molar-refractivity contribution in [1.29, 1.82) is 0 Å². The molecule has 3 nitrogen and oxygen atoms in total. The topological polar surface area (TPSA) is 52.0 Å². The van der Waals surface area contributed by atoms with E-state index < -0.39 is 0 Å². The molecule has 0 bridgehead atoms. The standard InChI is InChI=1S/C13H16N2OS/c1-2-17-12-5-3-10(4-6-12)13-15-11(7-8-14)9-16-13/h3-6,9H,2,7-8,14H2,1H3. The van der Waals surface area contributed by atoms with Gasteiger partial charge in [0.05, 0.1) is 5.69 Å². The maximum Gasteiger partial charge on any atom is 0.226 e. The molecule has 17 heavy (non-hydrogen) atoms. The smallest absolute Gasteiger partial charge is 0.226 e. The molecule has 0 radical (unpaired) electrons. The molecular formula is C13H16N2OS. The number of hydrogen-bond acceptors (Lipinski definition) is 4. The first-order valence-corrected chi connectivity index (χ1v) is 6.69. The number of nitrogens with two attached hydrogens (primary N) is 1. The Balaban J connectivity index is 2.15. The van der Waals surface area contributed by atoms with Crippen LogP contribution < -0.4 is 5.73 Å². The van der Waals surface area contributed by atoms with Gasteiger partial charge in [0.15, 0.2) is 0 Å². The summed E-state index contributed by atoms with van der Waals surface area (Å²) in [7, 11) is 0. The Labute approximate surface area is 105 Å². The molecule has 0 saturated carbocycles. The van der Waals surface area contributed by atoms with Crippen LogP contribution in [-0.4, -0.2) is 17.3 Å². The third kappa shape index (κ3) is 3.11. The van der Waals surface area contributed by atoms with E-state index in [0.717, 1.165) is 23.4 Å². The summed E-state index contributed by atoms with van der Waals surface area (Å²) in [4.78, 5) is 5.66. The van der Waals surface area contributed by atoms with Crippen molar-refractivity contribution < 1.29 is 4.42 Å². The van der Waals surface area contributed by atoms with E-state index in [9.17, 15) is 0 Å². The monoisotopic (exact) mass is 248 g/mol. The van der Waals surface area contributed by atoms with Crippen LogP contribution in [0.2, 0.25) is 0 Å². The lowest BCUT2D eigenvalue weighted by Gasteiger charge is -1.99. The molecule has 1 heterocycles. The van der Waals surface area contributed by atoms with Gasteiger partial charge in [-0.15, -0.1) is 11.8 Å². The highest BCUT2D eigenvalue weighted by molar-refractivity contribution is 7.99. The molecule has 0 aliphatic rings. The van der Waals surface area contributed by atoms with Crippen LogP contribution in [0.15, 0.2) is 39.8 Å². The van der Waals surface area contributed by atoms with E-state index in [0.29, 0.717) is 12.4 Å². The van der Waals surface area contributed by atoms with E-state index in [1.165, 1.54) is 4.90 Å². The number of nitrogens with zero attached hydrogens (tertiary/aromatic N) is 1. The van der Waals surface area contributed by atoms with Gasteiger partial charge < -0.3 is 10.2 Å². The van der Waals surface area contributed by atoms with Gasteiger partial charge in [0.2, 0.25) is 5.89 Å². The van der Waals surface area contributed by atoms with Gasteiger partial charge in [-0.25, -0.2) is 4.98 Å². The van der Waals surface area contributed by atoms with E-state index >= 15 is 0 Å². The number of benzene rings is 1. The van der Waals surface area contributed by atoms with Crippen LogP contribution >= 0.6 is 11.8 Å². The minimum atomic E-state index is 0.595. The predicted octanol–water partition coefficient (Wildman–Crippen LogP) is 2.95. The highest BCUT2D eigenvalue weighted by Gasteiger charge is 2.06. The van der Waals surface area contributed by atoms with Gasteiger partial charge in [-0.05, 0) is 36.6 Å². The van der Waals surface area contributed by atoms with Crippen molar-refractivity contribution in [3.63, 3.8) is 0 Å². The van der Waals surface area contributed by atoms with Gasteiger partial charge >= 0.3 is 0 Å². The Hall–Kier alpha value is -1.26. The highest BCUT2D eigenvalue weighted by Crippen LogP contribution is 2.23.